The van der Waals surface area contributed by atoms with Gasteiger partial charge in [0.25, 0.3) is 0 Å². The van der Waals surface area contributed by atoms with E-state index in [9.17, 15) is 0 Å². The van der Waals surface area contributed by atoms with Gasteiger partial charge >= 0.3 is 0 Å². The summed E-state index contributed by atoms with van der Waals surface area (Å²) in [5.41, 5.74) is 10.8. The van der Waals surface area contributed by atoms with Gasteiger partial charge in [-0.25, -0.2) is 0 Å². The van der Waals surface area contributed by atoms with Gasteiger partial charge in [0, 0.05) is 12.6 Å². The van der Waals surface area contributed by atoms with Crippen LogP contribution >= 0.6 is 0 Å². The standard InChI is InChI=1S/C6H16N2.C5H8/c1-2-3-4-6(8)5-7;1-2-4-5-3-1/h6H,2-5,7-8H2,1H3;1-2H,3-5H2. The molecule has 0 aromatic rings. The molecule has 2 heteroatoms. The van der Waals surface area contributed by atoms with Crippen molar-refractivity contribution in [2.24, 2.45) is 11.5 Å². The maximum absolute atomic E-state index is 5.53. The van der Waals surface area contributed by atoms with Gasteiger partial charge in [0.2, 0.25) is 0 Å². The van der Waals surface area contributed by atoms with Gasteiger partial charge in [-0.15, -0.1) is 0 Å². The number of unbranched alkanes of at least 4 members (excludes halogenated alkanes) is 1. The highest BCUT2D eigenvalue weighted by atomic mass is 14.7. The molecule has 0 fully saturated rings. The maximum atomic E-state index is 5.53. The SMILES string of the molecule is C1=CCCC1.CCCCC(N)CN. The van der Waals surface area contributed by atoms with Crippen LogP contribution in [0.3, 0.4) is 0 Å². The molecule has 2 nitrogen and oxygen atoms in total. The van der Waals surface area contributed by atoms with Gasteiger partial charge in [0.15, 0.2) is 0 Å². The van der Waals surface area contributed by atoms with E-state index in [0.717, 1.165) is 6.42 Å². The Morgan fingerprint density at radius 3 is 2.23 bits per heavy atom. The first-order chi connectivity index (χ1) is 6.31. The van der Waals surface area contributed by atoms with Crippen LogP contribution < -0.4 is 11.5 Å². The Morgan fingerprint density at radius 1 is 1.31 bits per heavy atom. The molecule has 0 amide bonds. The summed E-state index contributed by atoms with van der Waals surface area (Å²) in [4.78, 5) is 0. The maximum Gasteiger partial charge on any atom is 0.0163 e. The fraction of sp³-hybridized carbons (Fsp3) is 0.818. The highest BCUT2D eigenvalue weighted by Gasteiger charge is 1.95. The zero-order chi connectivity index (χ0) is 9.94. The minimum atomic E-state index is 0.231. The topological polar surface area (TPSA) is 52.0 Å². The zero-order valence-electron chi connectivity index (χ0n) is 8.84. The van der Waals surface area contributed by atoms with Crippen molar-refractivity contribution in [2.45, 2.75) is 51.5 Å². The van der Waals surface area contributed by atoms with E-state index in [-0.39, 0.29) is 6.04 Å². The number of hydrogen-bond donors (Lipinski definition) is 2. The first-order valence-corrected chi connectivity index (χ1v) is 5.42. The minimum Gasteiger partial charge on any atom is -0.329 e. The molecule has 1 unspecified atom stereocenters. The van der Waals surface area contributed by atoms with E-state index >= 15 is 0 Å². The average Bonchev–Trinajstić information content (AvgIpc) is 2.72. The average molecular weight is 184 g/mol. The van der Waals surface area contributed by atoms with Gasteiger partial charge < -0.3 is 11.5 Å². The van der Waals surface area contributed by atoms with Crippen LogP contribution in [-0.4, -0.2) is 12.6 Å². The van der Waals surface area contributed by atoms with Crippen LogP contribution in [0.25, 0.3) is 0 Å². The predicted molar refractivity (Wildman–Crippen MR) is 59.5 cm³/mol. The van der Waals surface area contributed by atoms with E-state index in [1.54, 1.807) is 0 Å². The Balaban J connectivity index is 0.000000243. The molecule has 0 aliphatic heterocycles. The largest absolute Gasteiger partial charge is 0.329 e. The number of nitrogens with two attached hydrogens (primary N) is 2. The molecule has 0 aromatic heterocycles. The van der Waals surface area contributed by atoms with E-state index < -0.39 is 0 Å². The van der Waals surface area contributed by atoms with Crippen LogP contribution in [-0.2, 0) is 0 Å². The Labute approximate surface area is 82.4 Å². The van der Waals surface area contributed by atoms with Crippen molar-refractivity contribution in [3.63, 3.8) is 0 Å². The van der Waals surface area contributed by atoms with Crippen LogP contribution in [0.15, 0.2) is 12.2 Å². The van der Waals surface area contributed by atoms with Gasteiger partial charge in [0.05, 0.1) is 0 Å². The lowest BCUT2D eigenvalue weighted by Gasteiger charge is -2.04. The third-order valence-corrected chi connectivity index (χ3v) is 2.14. The van der Waals surface area contributed by atoms with Crippen molar-refractivity contribution in [3.8, 4) is 0 Å². The summed E-state index contributed by atoms with van der Waals surface area (Å²) in [5, 5.41) is 0. The van der Waals surface area contributed by atoms with Gasteiger partial charge in [0.1, 0.15) is 0 Å². The molecule has 0 bridgehead atoms. The lowest BCUT2D eigenvalue weighted by Crippen LogP contribution is -2.29. The molecule has 1 atom stereocenters. The smallest absolute Gasteiger partial charge is 0.0163 e. The fourth-order valence-corrected chi connectivity index (χ4v) is 1.17. The first-order valence-electron chi connectivity index (χ1n) is 5.42. The van der Waals surface area contributed by atoms with Crippen molar-refractivity contribution in [3.05, 3.63) is 12.2 Å². The molecule has 0 radical (unpaired) electrons. The molecule has 13 heavy (non-hydrogen) atoms. The van der Waals surface area contributed by atoms with Crippen LogP contribution in [0, 0.1) is 0 Å². The monoisotopic (exact) mass is 184 g/mol. The Hall–Kier alpha value is -0.340. The molecular formula is C11H24N2. The number of allylic oxidation sites excluding steroid dienone is 2. The summed E-state index contributed by atoms with van der Waals surface area (Å²) in [6, 6.07) is 0.231. The summed E-state index contributed by atoms with van der Waals surface area (Å²) in [7, 11) is 0. The van der Waals surface area contributed by atoms with E-state index in [0.29, 0.717) is 6.54 Å². The molecule has 0 heterocycles. The second kappa shape index (κ2) is 9.75. The normalized spacial score (nSPS) is 16.5. The van der Waals surface area contributed by atoms with E-state index in [2.05, 4.69) is 19.1 Å². The lowest BCUT2D eigenvalue weighted by atomic mass is 10.1. The molecular weight excluding hydrogens is 160 g/mol. The van der Waals surface area contributed by atoms with Crippen molar-refractivity contribution < 1.29 is 0 Å². The Morgan fingerprint density at radius 2 is 1.92 bits per heavy atom. The zero-order valence-corrected chi connectivity index (χ0v) is 8.84. The van der Waals surface area contributed by atoms with Gasteiger partial charge in [-0.3, -0.25) is 0 Å². The minimum absolute atomic E-state index is 0.231. The molecule has 0 saturated heterocycles. The molecule has 78 valence electrons. The summed E-state index contributed by atoms with van der Waals surface area (Å²) < 4.78 is 0. The molecule has 0 aromatic carbocycles. The summed E-state index contributed by atoms with van der Waals surface area (Å²) >= 11 is 0. The molecule has 4 N–H and O–H groups in total. The predicted octanol–water partition coefficient (Wildman–Crippen LogP) is 2.19. The first kappa shape index (κ1) is 12.7. The van der Waals surface area contributed by atoms with Crippen molar-refractivity contribution in [1.82, 2.24) is 0 Å². The van der Waals surface area contributed by atoms with Crippen molar-refractivity contribution >= 4 is 0 Å². The van der Waals surface area contributed by atoms with Gasteiger partial charge in [-0.05, 0) is 25.7 Å². The summed E-state index contributed by atoms with van der Waals surface area (Å²) in [6.45, 7) is 2.78. The van der Waals surface area contributed by atoms with E-state index in [4.69, 9.17) is 11.5 Å². The lowest BCUT2D eigenvalue weighted by molar-refractivity contribution is 0.584. The van der Waals surface area contributed by atoms with Gasteiger partial charge in [-0.2, -0.15) is 0 Å². The van der Waals surface area contributed by atoms with Crippen LogP contribution in [0.5, 0.6) is 0 Å². The third kappa shape index (κ3) is 9.57. The molecule has 0 saturated carbocycles. The van der Waals surface area contributed by atoms with Crippen LogP contribution in [0.1, 0.15) is 45.4 Å². The summed E-state index contributed by atoms with van der Waals surface area (Å²) in [6.07, 6.45) is 12.0. The molecule has 1 rings (SSSR count). The van der Waals surface area contributed by atoms with Crippen molar-refractivity contribution in [1.29, 1.82) is 0 Å². The number of rotatable bonds is 4. The van der Waals surface area contributed by atoms with Crippen LogP contribution in [0.2, 0.25) is 0 Å². The van der Waals surface area contributed by atoms with E-state index in [1.165, 1.54) is 32.1 Å². The molecule has 0 spiro atoms. The fourth-order valence-electron chi connectivity index (χ4n) is 1.17. The summed E-state index contributed by atoms with van der Waals surface area (Å²) in [5.74, 6) is 0. The van der Waals surface area contributed by atoms with Gasteiger partial charge in [-0.1, -0.05) is 31.9 Å². The quantitative estimate of drug-likeness (QED) is 0.658. The molecule has 1 aliphatic carbocycles. The highest BCUT2D eigenvalue weighted by molar-refractivity contribution is 4.88. The van der Waals surface area contributed by atoms with Crippen LogP contribution in [0.4, 0.5) is 0 Å². The second-order valence-corrected chi connectivity index (χ2v) is 3.54. The molecule has 1 aliphatic rings. The Kier molecular flexibility index (Phi) is 9.49. The second-order valence-electron chi connectivity index (χ2n) is 3.54. The highest BCUT2D eigenvalue weighted by Crippen LogP contribution is 2.05. The van der Waals surface area contributed by atoms with Crippen molar-refractivity contribution in [2.75, 3.05) is 6.54 Å². The third-order valence-electron chi connectivity index (χ3n) is 2.14. The van der Waals surface area contributed by atoms with E-state index in [1.807, 2.05) is 0 Å². The number of hydrogen-bond acceptors (Lipinski definition) is 2. The Bertz CT molecular complexity index is 115.